The summed E-state index contributed by atoms with van der Waals surface area (Å²) in [6, 6.07) is 11.5. The second-order valence-electron chi connectivity index (χ2n) is 6.71. The molecule has 3 N–H and O–H groups in total. The van der Waals surface area contributed by atoms with E-state index in [1.165, 1.54) is 35.6 Å². The third-order valence-corrected chi connectivity index (χ3v) is 5.71. The number of primary amides is 1. The number of fused-ring (bicyclic) bond motifs is 1. The first-order chi connectivity index (χ1) is 14.3. The topological polar surface area (TPSA) is 90.0 Å². The number of carbonyl (C=O) groups is 2. The van der Waals surface area contributed by atoms with Gasteiger partial charge in [0.25, 0.3) is 11.8 Å². The molecule has 2 amide bonds. The van der Waals surface area contributed by atoms with E-state index in [1.807, 2.05) is 6.92 Å². The molecule has 0 saturated heterocycles. The third kappa shape index (κ3) is 3.79. The summed E-state index contributed by atoms with van der Waals surface area (Å²) in [5, 5.41) is 7.99. The van der Waals surface area contributed by atoms with Crippen LogP contribution in [0.25, 0.3) is 10.2 Å². The lowest BCUT2D eigenvalue weighted by atomic mass is 10.1. The van der Waals surface area contributed by atoms with Crippen molar-refractivity contribution in [3.8, 4) is 0 Å². The first kappa shape index (κ1) is 19.7. The third-order valence-electron chi connectivity index (χ3n) is 4.57. The predicted molar refractivity (Wildman–Crippen MR) is 111 cm³/mol. The molecule has 0 unspecified atom stereocenters. The van der Waals surface area contributed by atoms with Crippen molar-refractivity contribution in [2.45, 2.75) is 13.5 Å². The van der Waals surface area contributed by atoms with Gasteiger partial charge in [0.05, 0.1) is 22.7 Å². The van der Waals surface area contributed by atoms with Gasteiger partial charge in [-0.2, -0.15) is 5.10 Å². The highest BCUT2D eigenvalue weighted by atomic mass is 32.1. The second kappa shape index (κ2) is 7.68. The number of aromatic nitrogens is 2. The zero-order valence-corrected chi connectivity index (χ0v) is 16.6. The Hall–Kier alpha value is -3.59. The van der Waals surface area contributed by atoms with E-state index < -0.39 is 17.6 Å². The van der Waals surface area contributed by atoms with Crippen LogP contribution in [0.5, 0.6) is 0 Å². The standard InChI is InChI=1S/C21H16F2N4O2S/c1-11-15-9-18(20(29)25-14-6-7-17(23)16(8-14)19(24)28)30-21(15)27(26-11)10-12-2-4-13(22)5-3-12/h2-9H,10H2,1H3,(H2,24,28)(H,25,29). The normalized spacial score (nSPS) is 11.0. The van der Waals surface area contributed by atoms with E-state index in [4.69, 9.17) is 5.73 Å². The van der Waals surface area contributed by atoms with Crippen molar-refractivity contribution in [2.75, 3.05) is 5.32 Å². The van der Waals surface area contributed by atoms with Gasteiger partial charge in [-0.05, 0) is 48.9 Å². The molecule has 0 bridgehead atoms. The maximum absolute atomic E-state index is 13.6. The van der Waals surface area contributed by atoms with Gasteiger partial charge in [0, 0.05) is 11.1 Å². The van der Waals surface area contributed by atoms with Crippen LogP contribution >= 0.6 is 11.3 Å². The molecule has 0 atom stereocenters. The summed E-state index contributed by atoms with van der Waals surface area (Å²) in [7, 11) is 0. The first-order valence-corrected chi connectivity index (χ1v) is 9.75. The smallest absolute Gasteiger partial charge is 0.265 e. The fraction of sp³-hybridized carbons (Fsp3) is 0.0952. The number of rotatable bonds is 5. The van der Waals surface area contributed by atoms with Crippen molar-refractivity contribution in [1.82, 2.24) is 9.78 Å². The molecule has 30 heavy (non-hydrogen) atoms. The van der Waals surface area contributed by atoms with Crippen LogP contribution in [0.4, 0.5) is 14.5 Å². The highest BCUT2D eigenvalue weighted by molar-refractivity contribution is 7.20. The van der Waals surface area contributed by atoms with Crippen LogP contribution in [0.2, 0.25) is 0 Å². The fourth-order valence-electron chi connectivity index (χ4n) is 3.08. The summed E-state index contributed by atoms with van der Waals surface area (Å²) in [6.07, 6.45) is 0. The van der Waals surface area contributed by atoms with Crippen molar-refractivity contribution >= 4 is 39.1 Å². The lowest BCUT2D eigenvalue weighted by Crippen LogP contribution is -2.15. The lowest BCUT2D eigenvalue weighted by molar-refractivity contribution is 0.0993. The van der Waals surface area contributed by atoms with Crippen LogP contribution in [0, 0.1) is 18.6 Å². The van der Waals surface area contributed by atoms with Crippen molar-refractivity contribution in [3.63, 3.8) is 0 Å². The molecule has 0 radical (unpaired) electrons. The Morgan fingerprint density at radius 1 is 1.13 bits per heavy atom. The molecule has 0 aliphatic heterocycles. The summed E-state index contributed by atoms with van der Waals surface area (Å²) < 4.78 is 28.5. The fourth-order valence-corrected chi connectivity index (χ4v) is 4.14. The van der Waals surface area contributed by atoms with Gasteiger partial charge in [-0.1, -0.05) is 12.1 Å². The number of hydrogen-bond donors (Lipinski definition) is 2. The molecule has 6 nitrogen and oxygen atoms in total. The minimum atomic E-state index is -0.915. The van der Waals surface area contributed by atoms with Crippen LogP contribution in [0.3, 0.4) is 0 Å². The molecule has 9 heteroatoms. The molecular formula is C21H16F2N4O2S. The summed E-state index contributed by atoms with van der Waals surface area (Å²) in [5.74, 6) is -2.37. The zero-order valence-electron chi connectivity index (χ0n) is 15.8. The molecule has 0 aliphatic carbocycles. The Labute approximate surface area is 173 Å². The van der Waals surface area contributed by atoms with Crippen LogP contribution < -0.4 is 11.1 Å². The number of anilines is 1. The van der Waals surface area contributed by atoms with Gasteiger partial charge < -0.3 is 11.1 Å². The van der Waals surface area contributed by atoms with E-state index in [1.54, 1.807) is 22.9 Å². The lowest BCUT2D eigenvalue weighted by Gasteiger charge is -2.06. The highest BCUT2D eigenvalue weighted by Gasteiger charge is 2.18. The summed E-state index contributed by atoms with van der Waals surface area (Å²) >= 11 is 1.26. The Bertz CT molecular complexity index is 1280. The maximum atomic E-state index is 13.6. The molecule has 2 aromatic heterocycles. The number of benzene rings is 2. The number of nitrogens with zero attached hydrogens (tertiary/aromatic N) is 2. The first-order valence-electron chi connectivity index (χ1n) is 8.94. The van der Waals surface area contributed by atoms with Gasteiger partial charge >= 0.3 is 0 Å². The maximum Gasteiger partial charge on any atom is 0.265 e. The average Bonchev–Trinajstić information content (AvgIpc) is 3.26. The Morgan fingerprint density at radius 2 is 1.87 bits per heavy atom. The number of hydrogen-bond acceptors (Lipinski definition) is 4. The summed E-state index contributed by atoms with van der Waals surface area (Å²) in [6.45, 7) is 2.28. The van der Waals surface area contributed by atoms with Crippen LogP contribution in [0.15, 0.2) is 48.5 Å². The molecule has 4 rings (SSSR count). The number of aryl methyl sites for hydroxylation is 1. The van der Waals surface area contributed by atoms with Crippen molar-refractivity contribution in [2.24, 2.45) is 5.73 Å². The van der Waals surface area contributed by atoms with Gasteiger partial charge in [-0.15, -0.1) is 11.3 Å². The van der Waals surface area contributed by atoms with E-state index in [0.29, 0.717) is 11.4 Å². The molecule has 0 saturated carbocycles. The molecular weight excluding hydrogens is 410 g/mol. The van der Waals surface area contributed by atoms with Crippen molar-refractivity contribution in [3.05, 3.63) is 81.9 Å². The van der Waals surface area contributed by atoms with Gasteiger partial charge in [-0.25, -0.2) is 8.78 Å². The highest BCUT2D eigenvalue weighted by Crippen LogP contribution is 2.29. The number of nitrogens with two attached hydrogens (primary N) is 1. The van der Waals surface area contributed by atoms with Crippen LogP contribution in [-0.4, -0.2) is 21.6 Å². The molecule has 0 fully saturated rings. The number of carbonyl (C=O) groups excluding carboxylic acids is 2. The zero-order chi connectivity index (χ0) is 21.4. The molecule has 152 valence electrons. The van der Waals surface area contributed by atoms with E-state index in [2.05, 4.69) is 10.4 Å². The Kier molecular flexibility index (Phi) is 5.04. The minimum Gasteiger partial charge on any atom is -0.366 e. The minimum absolute atomic E-state index is 0.261. The molecule has 2 heterocycles. The van der Waals surface area contributed by atoms with E-state index in [0.717, 1.165) is 27.5 Å². The molecule has 0 aliphatic rings. The monoisotopic (exact) mass is 426 g/mol. The van der Waals surface area contributed by atoms with Crippen molar-refractivity contribution < 1.29 is 18.4 Å². The molecule has 2 aromatic carbocycles. The van der Waals surface area contributed by atoms with Crippen molar-refractivity contribution in [1.29, 1.82) is 0 Å². The molecule has 4 aromatic rings. The number of thiophene rings is 1. The van der Waals surface area contributed by atoms with E-state index >= 15 is 0 Å². The Balaban J connectivity index is 1.60. The summed E-state index contributed by atoms with van der Waals surface area (Å²) in [5.41, 5.74) is 6.76. The van der Waals surface area contributed by atoms with Gasteiger partial charge in [-0.3, -0.25) is 14.3 Å². The second-order valence-corrected chi connectivity index (χ2v) is 7.74. The average molecular weight is 426 g/mol. The quantitative estimate of drug-likeness (QED) is 0.504. The number of halogens is 2. The van der Waals surface area contributed by atoms with E-state index in [-0.39, 0.29) is 17.1 Å². The van der Waals surface area contributed by atoms with Crippen LogP contribution in [0.1, 0.15) is 31.3 Å². The van der Waals surface area contributed by atoms with Gasteiger partial charge in [0.2, 0.25) is 0 Å². The van der Waals surface area contributed by atoms with E-state index in [9.17, 15) is 18.4 Å². The number of amides is 2. The summed E-state index contributed by atoms with van der Waals surface area (Å²) in [4.78, 5) is 25.2. The largest absolute Gasteiger partial charge is 0.366 e. The predicted octanol–water partition coefficient (Wildman–Crippen LogP) is 4.08. The van der Waals surface area contributed by atoms with Gasteiger partial charge in [0.1, 0.15) is 16.5 Å². The Morgan fingerprint density at radius 3 is 2.57 bits per heavy atom. The number of nitrogens with one attached hydrogen (secondary N) is 1. The van der Waals surface area contributed by atoms with Crippen LogP contribution in [-0.2, 0) is 6.54 Å². The van der Waals surface area contributed by atoms with Gasteiger partial charge in [0.15, 0.2) is 0 Å². The molecule has 0 spiro atoms. The SMILES string of the molecule is Cc1nn(Cc2ccc(F)cc2)c2sc(C(=O)Nc3ccc(F)c(C(N)=O)c3)cc12.